The predicted octanol–water partition coefficient (Wildman–Crippen LogP) is 4.19. The zero-order valence-corrected chi connectivity index (χ0v) is 16.2. The Morgan fingerprint density at radius 3 is 2.58 bits per heavy atom. The van der Waals surface area contributed by atoms with E-state index in [1.807, 2.05) is 49.6 Å². The number of thioether (sulfide) groups is 1. The second kappa shape index (κ2) is 8.35. The standard InChI is InChI=1S/C18H19BrN2O2S/c1-12-10-13(19)8-9-15(12)20-17(22)11-21(2)18(23)14-6-4-5-7-16(14)24-3/h4-10H,11H2,1-3H3,(H,20,22). The highest BCUT2D eigenvalue weighted by Gasteiger charge is 2.18. The molecule has 0 aromatic heterocycles. The molecule has 126 valence electrons. The van der Waals surface area contributed by atoms with E-state index >= 15 is 0 Å². The van der Waals surface area contributed by atoms with E-state index in [1.165, 1.54) is 16.7 Å². The highest BCUT2D eigenvalue weighted by Crippen LogP contribution is 2.22. The topological polar surface area (TPSA) is 49.4 Å². The molecule has 0 fully saturated rings. The van der Waals surface area contributed by atoms with E-state index in [9.17, 15) is 9.59 Å². The number of amides is 2. The summed E-state index contributed by atoms with van der Waals surface area (Å²) in [6.45, 7) is 1.92. The average Bonchev–Trinajstić information content (AvgIpc) is 2.56. The second-order valence-electron chi connectivity index (χ2n) is 5.37. The van der Waals surface area contributed by atoms with Crippen LogP contribution < -0.4 is 5.32 Å². The minimum atomic E-state index is -0.224. The summed E-state index contributed by atoms with van der Waals surface area (Å²) in [5.41, 5.74) is 2.31. The molecule has 24 heavy (non-hydrogen) atoms. The van der Waals surface area contributed by atoms with Crippen LogP contribution in [0.4, 0.5) is 5.69 Å². The van der Waals surface area contributed by atoms with Gasteiger partial charge >= 0.3 is 0 Å². The number of carbonyl (C=O) groups excluding carboxylic acids is 2. The van der Waals surface area contributed by atoms with Gasteiger partial charge in [0, 0.05) is 22.1 Å². The monoisotopic (exact) mass is 406 g/mol. The van der Waals surface area contributed by atoms with Gasteiger partial charge in [0.2, 0.25) is 5.91 Å². The van der Waals surface area contributed by atoms with Crippen molar-refractivity contribution in [2.24, 2.45) is 0 Å². The van der Waals surface area contributed by atoms with Gasteiger partial charge in [-0.25, -0.2) is 0 Å². The summed E-state index contributed by atoms with van der Waals surface area (Å²) in [5.74, 6) is -0.388. The summed E-state index contributed by atoms with van der Waals surface area (Å²) in [7, 11) is 1.63. The number of hydrogen-bond acceptors (Lipinski definition) is 3. The Hall–Kier alpha value is -1.79. The maximum Gasteiger partial charge on any atom is 0.255 e. The Kier molecular flexibility index (Phi) is 6.45. The first-order valence-corrected chi connectivity index (χ1v) is 9.38. The molecule has 0 spiro atoms. The fourth-order valence-corrected chi connectivity index (χ4v) is 3.34. The minimum Gasteiger partial charge on any atom is -0.332 e. The summed E-state index contributed by atoms with van der Waals surface area (Å²) in [4.78, 5) is 27.1. The van der Waals surface area contributed by atoms with Crippen molar-refractivity contribution in [3.8, 4) is 0 Å². The normalized spacial score (nSPS) is 10.3. The molecule has 2 aromatic rings. The van der Waals surface area contributed by atoms with Crippen LogP contribution in [0.1, 0.15) is 15.9 Å². The second-order valence-corrected chi connectivity index (χ2v) is 7.13. The molecular weight excluding hydrogens is 388 g/mol. The van der Waals surface area contributed by atoms with Gasteiger partial charge in [0.15, 0.2) is 0 Å². The number of anilines is 1. The Labute approximate surface area is 154 Å². The molecule has 2 rings (SSSR count). The van der Waals surface area contributed by atoms with E-state index in [4.69, 9.17) is 0 Å². The lowest BCUT2D eigenvalue weighted by molar-refractivity contribution is -0.116. The summed E-state index contributed by atoms with van der Waals surface area (Å²) < 4.78 is 0.957. The molecule has 2 aromatic carbocycles. The van der Waals surface area contributed by atoms with E-state index in [1.54, 1.807) is 13.1 Å². The molecule has 0 saturated heterocycles. The van der Waals surface area contributed by atoms with Crippen molar-refractivity contribution in [1.82, 2.24) is 4.90 Å². The summed E-state index contributed by atoms with van der Waals surface area (Å²) in [6.07, 6.45) is 1.93. The van der Waals surface area contributed by atoms with E-state index in [-0.39, 0.29) is 18.4 Å². The third kappa shape index (κ3) is 4.61. The van der Waals surface area contributed by atoms with Crippen LogP contribution in [0.3, 0.4) is 0 Å². The van der Waals surface area contributed by atoms with E-state index in [0.29, 0.717) is 5.56 Å². The lowest BCUT2D eigenvalue weighted by atomic mass is 10.2. The lowest BCUT2D eigenvalue weighted by Gasteiger charge is -2.18. The quantitative estimate of drug-likeness (QED) is 0.757. The number of aryl methyl sites for hydroxylation is 1. The van der Waals surface area contributed by atoms with E-state index < -0.39 is 0 Å². The molecule has 0 heterocycles. The molecule has 0 aliphatic carbocycles. The summed E-state index contributed by atoms with van der Waals surface area (Å²) in [6, 6.07) is 13.0. The van der Waals surface area contributed by atoms with E-state index in [0.717, 1.165) is 20.6 Å². The van der Waals surface area contributed by atoms with Crippen molar-refractivity contribution in [1.29, 1.82) is 0 Å². The van der Waals surface area contributed by atoms with Crippen LogP contribution in [-0.2, 0) is 4.79 Å². The fourth-order valence-electron chi connectivity index (χ4n) is 2.27. The molecule has 0 atom stereocenters. The average molecular weight is 407 g/mol. The lowest BCUT2D eigenvalue weighted by Crippen LogP contribution is -2.35. The van der Waals surface area contributed by atoms with Gasteiger partial charge in [0.25, 0.3) is 5.91 Å². The highest BCUT2D eigenvalue weighted by molar-refractivity contribution is 9.10. The molecule has 0 aliphatic rings. The number of halogens is 1. The zero-order valence-electron chi connectivity index (χ0n) is 13.8. The van der Waals surface area contributed by atoms with Crippen LogP contribution in [-0.4, -0.2) is 36.6 Å². The maximum absolute atomic E-state index is 12.6. The summed E-state index contributed by atoms with van der Waals surface area (Å²) in [5, 5.41) is 2.84. The maximum atomic E-state index is 12.6. The third-order valence-corrected chi connectivity index (χ3v) is 4.82. The molecule has 1 N–H and O–H groups in total. The van der Waals surface area contributed by atoms with Gasteiger partial charge in [-0.3, -0.25) is 9.59 Å². The molecule has 2 amide bonds. The molecule has 0 aliphatic heterocycles. The zero-order chi connectivity index (χ0) is 17.7. The Morgan fingerprint density at radius 2 is 1.92 bits per heavy atom. The number of likely N-dealkylation sites (N-methyl/N-ethyl adjacent to an activating group) is 1. The third-order valence-electron chi connectivity index (χ3n) is 3.53. The Bertz CT molecular complexity index is 764. The van der Waals surface area contributed by atoms with Gasteiger partial charge in [-0.1, -0.05) is 28.1 Å². The highest BCUT2D eigenvalue weighted by atomic mass is 79.9. The van der Waals surface area contributed by atoms with Crippen LogP contribution in [0.2, 0.25) is 0 Å². The molecule has 0 radical (unpaired) electrons. The van der Waals surface area contributed by atoms with Gasteiger partial charge in [-0.2, -0.15) is 0 Å². The predicted molar refractivity (Wildman–Crippen MR) is 103 cm³/mol. The van der Waals surface area contributed by atoms with E-state index in [2.05, 4.69) is 21.2 Å². The smallest absolute Gasteiger partial charge is 0.255 e. The number of carbonyl (C=O) groups is 2. The van der Waals surface area contributed by atoms with Crippen LogP contribution in [0.25, 0.3) is 0 Å². The van der Waals surface area contributed by atoms with Gasteiger partial charge in [-0.15, -0.1) is 11.8 Å². The largest absolute Gasteiger partial charge is 0.332 e. The van der Waals surface area contributed by atoms with Crippen molar-refractivity contribution in [2.45, 2.75) is 11.8 Å². The van der Waals surface area contributed by atoms with Gasteiger partial charge in [-0.05, 0) is 49.1 Å². The van der Waals surface area contributed by atoms with Crippen molar-refractivity contribution in [3.05, 3.63) is 58.1 Å². The summed E-state index contributed by atoms with van der Waals surface area (Å²) >= 11 is 4.91. The molecular formula is C18H19BrN2O2S. The van der Waals surface area contributed by atoms with Crippen molar-refractivity contribution >= 4 is 45.2 Å². The molecule has 0 unspecified atom stereocenters. The number of nitrogens with one attached hydrogen (secondary N) is 1. The first kappa shape index (κ1) is 18.5. The Balaban J connectivity index is 2.04. The minimum absolute atomic E-state index is 0.00292. The molecule has 6 heteroatoms. The molecule has 0 saturated carbocycles. The Morgan fingerprint density at radius 1 is 1.21 bits per heavy atom. The van der Waals surface area contributed by atoms with Crippen LogP contribution in [0.5, 0.6) is 0 Å². The van der Waals surface area contributed by atoms with Gasteiger partial charge < -0.3 is 10.2 Å². The van der Waals surface area contributed by atoms with Crippen molar-refractivity contribution < 1.29 is 9.59 Å². The van der Waals surface area contributed by atoms with Crippen molar-refractivity contribution in [3.63, 3.8) is 0 Å². The first-order valence-electron chi connectivity index (χ1n) is 7.37. The fraction of sp³-hybridized carbons (Fsp3) is 0.222. The van der Waals surface area contributed by atoms with Crippen molar-refractivity contribution in [2.75, 3.05) is 25.2 Å². The molecule has 0 bridgehead atoms. The SMILES string of the molecule is CSc1ccccc1C(=O)N(C)CC(=O)Nc1ccc(Br)cc1C. The van der Waals surface area contributed by atoms with Crippen LogP contribution in [0, 0.1) is 6.92 Å². The number of nitrogens with zero attached hydrogens (tertiary/aromatic N) is 1. The van der Waals surface area contributed by atoms with Crippen LogP contribution in [0.15, 0.2) is 51.8 Å². The number of benzene rings is 2. The number of rotatable bonds is 5. The van der Waals surface area contributed by atoms with Gasteiger partial charge in [0.1, 0.15) is 0 Å². The number of hydrogen-bond donors (Lipinski definition) is 1. The first-order chi connectivity index (χ1) is 11.4. The molecule has 4 nitrogen and oxygen atoms in total. The van der Waals surface area contributed by atoms with Crippen LogP contribution >= 0.6 is 27.7 Å². The van der Waals surface area contributed by atoms with Gasteiger partial charge in [0.05, 0.1) is 12.1 Å².